The van der Waals surface area contributed by atoms with Gasteiger partial charge in [-0.2, -0.15) is 8.42 Å². The lowest BCUT2D eigenvalue weighted by molar-refractivity contribution is -0.384. The summed E-state index contributed by atoms with van der Waals surface area (Å²) in [7, 11) is -2.96. The van der Waals surface area contributed by atoms with Crippen molar-refractivity contribution in [2.24, 2.45) is 0 Å². The van der Waals surface area contributed by atoms with Gasteiger partial charge in [-0.25, -0.2) is 9.69 Å². The molecule has 1 heterocycles. The number of imide groups is 2. The van der Waals surface area contributed by atoms with Crippen molar-refractivity contribution in [3.63, 3.8) is 0 Å². The number of nitrogens with one attached hydrogen (secondary N) is 1. The highest BCUT2D eigenvalue weighted by Gasteiger charge is 2.37. The Kier molecular flexibility index (Phi) is 7.51. The average Bonchev–Trinajstić information content (AvgIpc) is 2.88. The second-order valence-corrected chi connectivity index (χ2v) is 10.5. The smallest absolute Gasteiger partial charge is 0.339 e. The minimum Gasteiger partial charge on any atom is -0.493 e. The number of urea groups is 1. The summed E-state index contributed by atoms with van der Waals surface area (Å²) in [6.07, 6.45) is 1.15. The molecule has 14 heteroatoms. The zero-order valence-electron chi connectivity index (χ0n) is 20.2. The highest BCUT2D eigenvalue weighted by molar-refractivity contribution is 9.10. The van der Waals surface area contributed by atoms with Gasteiger partial charge in [0.1, 0.15) is 10.5 Å². The first-order valence-corrected chi connectivity index (χ1v) is 13.2. The van der Waals surface area contributed by atoms with E-state index in [1.807, 2.05) is 5.32 Å². The molecular weight excluding hydrogens is 598 g/mol. The van der Waals surface area contributed by atoms with Crippen molar-refractivity contribution in [1.82, 2.24) is 5.32 Å². The van der Waals surface area contributed by atoms with Crippen molar-refractivity contribution in [1.29, 1.82) is 0 Å². The third kappa shape index (κ3) is 5.66. The molecule has 39 heavy (non-hydrogen) atoms. The van der Waals surface area contributed by atoms with Crippen LogP contribution in [0.4, 0.5) is 16.2 Å². The number of amides is 4. The van der Waals surface area contributed by atoms with Crippen molar-refractivity contribution < 1.29 is 36.6 Å². The molecule has 1 aliphatic rings. The van der Waals surface area contributed by atoms with E-state index < -0.39 is 38.5 Å². The molecule has 200 valence electrons. The van der Waals surface area contributed by atoms with E-state index in [4.69, 9.17) is 8.92 Å². The number of anilines is 1. The number of carbonyl (C=O) groups excluding carboxylic acids is 3. The number of non-ortho nitro benzene ring substituents is 1. The Bertz CT molecular complexity index is 1670. The molecule has 0 unspecified atom stereocenters. The fourth-order valence-electron chi connectivity index (χ4n) is 3.57. The number of barbiturate groups is 1. The van der Waals surface area contributed by atoms with Crippen LogP contribution in [-0.4, -0.2) is 38.3 Å². The van der Waals surface area contributed by atoms with Gasteiger partial charge in [0.25, 0.3) is 17.5 Å². The normalized spacial score (nSPS) is 14.8. The van der Waals surface area contributed by atoms with Crippen molar-refractivity contribution >= 4 is 61.3 Å². The third-order valence-electron chi connectivity index (χ3n) is 5.47. The molecule has 0 spiro atoms. The predicted octanol–water partition coefficient (Wildman–Crippen LogP) is 4.11. The zero-order valence-corrected chi connectivity index (χ0v) is 22.6. The number of benzene rings is 3. The molecule has 0 radical (unpaired) electrons. The maximum Gasteiger partial charge on any atom is 0.339 e. The molecule has 1 saturated heterocycles. The first-order chi connectivity index (χ1) is 18.4. The van der Waals surface area contributed by atoms with E-state index >= 15 is 0 Å². The highest BCUT2D eigenvalue weighted by Crippen LogP contribution is 2.39. The zero-order chi connectivity index (χ0) is 28.5. The number of methoxy groups -OCH3 is 1. The van der Waals surface area contributed by atoms with E-state index in [9.17, 15) is 32.9 Å². The van der Waals surface area contributed by atoms with E-state index in [0.717, 1.165) is 17.7 Å². The molecule has 0 atom stereocenters. The number of hydrogen-bond donors (Lipinski definition) is 1. The van der Waals surface area contributed by atoms with Crippen LogP contribution < -0.4 is 19.1 Å². The van der Waals surface area contributed by atoms with Gasteiger partial charge in [0.2, 0.25) is 0 Å². The van der Waals surface area contributed by atoms with Crippen LogP contribution in [0.25, 0.3) is 6.08 Å². The van der Waals surface area contributed by atoms with Gasteiger partial charge in [0, 0.05) is 12.1 Å². The number of halogens is 1. The summed E-state index contributed by atoms with van der Waals surface area (Å²) in [6, 6.07) is 12.4. The topological polar surface area (TPSA) is 162 Å². The molecule has 3 aromatic carbocycles. The molecule has 3 aromatic rings. The second kappa shape index (κ2) is 10.7. The number of aryl methyl sites for hydroxylation is 1. The number of ether oxygens (including phenoxy) is 1. The maximum absolute atomic E-state index is 13.2. The maximum atomic E-state index is 13.2. The molecule has 1 N–H and O–H groups in total. The predicted molar refractivity (Wildman–Crippen MR) is 142 cm³/mol. The Hall–Kier alpha value is -4.56. The first-order valence-electron chi connectivity index (χ1n) is 11.0. The third-order valence-corrected chi connectivity index (χ3v) is 7.29. The van der Waals surface area contributed by atoms with Crippen LogP contribution in [0.15, 0.2) is 75.6 Å². The van der Waals surface area contributed by atoms with Crippen molar-refractivity contribution in [2.75, 3.05) is 12.0 Å². The second-order valence-electron chi connectivity index (χ2n) is 8.12. The quantitative estimate of drug-likeness (QED) is 0.135. The lowest BCUT2D eigenvalue weighted by atomic mass is 10.1. The minimum absolute atomic E-state index is 0.0396. The van der Waals surface area contributed by atoms with Gasteiger partial charge >= 0.3 is 16.1 Å². The van der Waals surface area contributed by atoms with E-state index in [1.165, 1.54) is 49.6 Å². The Morgan fingerprint density at radius 2 is 1.74 bits per heavy atom. The van der Waals surface area contributed by atoms with Crippen LogP contribution in [0.1, 0.15) is 11.1 Å². The lowest BCUT2D eigenvalue weighted by Crippen LogP contribution is -2.54. The van der Waals surface area contributed by atoms with Gasteiger partial charge in [0.05, 0.1) is 22.2 Å². The Morgan fingerprint density at radius 1 is 1.05 bits per heavy atom. The van der Waals surface area contributed by atoms with Crippen molar-refractivity contribution in [3.8, 4) is 11.5 Å². The molecule has 0 saturated carbocycles. The molecule has 0 aromatic heterocycles. The summed E-state index contributed by atoms with van der Waals surface area (Å²) in [4.78, 5) is 49.1. The summed E-state index contributed by atoms with van der Waals surface area (Å²) in [5.74, 6) is -2.24. The molecule has 0 bridgehead atoms. The van der Waals surface area contributed by atoms with Crippen LogP contribution in [0, 0.1) is 17.0 Å². The average molecular weight is 616 g/mol. The van der Waals surface area contributed by atoms with Crippen LogP contribution in [0.2, 0.25) is 0 Å². The SMILES string of the molecule is COc1cc(/C=C2\C(=O)NC(=O)N(c3cccc([N+](=O)[O-])c3)C2=O)cc(Br)c1OS(=O)(=O)c1ccc(C)cc1. The summed E-state index contributed by atoms with van der Waals surface area (Å²) in [5, 5.41) is 13.2. The standard InChI is InChI=1S/C25H18BrN3O9S/c1-14-6-8-18(9-7-14)39(35,36)38-22-20(26)11-15(12-21(22)37-2)10-19-23(30)27-25(32)28(24(19)31)16-4-3-5-17(13-16)29(33)34/h3-13H,1-2H3,(H,27,30,32)/b19-10+. The first kappa shape index (κ1) is 27.5. The van der Waals surface area contributed by atoms with Gasteiger partial charge in [-0.05, 0) is 64.8 Å². The summed E-state index contributed by atoms with van der Waals surface area (Å²) in [6.45, 7) is 1.81. The molecule has 0 aliphatic carbocycles. The molecule has 1 fully saturated rings. The van der Waals surface area contributed by atoms with Crippen molar-refractivity contribution in [2.45, 2.75) is 11.8 Å². The van der Waals surface area contributed by atoms with Crippen LogP contribution in [0.3, 0.4) is 0 Å². The molecular formula is C25H18BrN3O9S. The van der Waals surface area contributed by atoms with E-state index in [-0.39, 0.29) is 37.8 Å². The van der Waals surface area contributed by atoms with Gasteiger partial charge in [-0.15, -0.1) is 0 Å². The van der Waals surface area contributed by atoms with Gasteiger partial charge in [-0.1, -0.05) is 23.8 Å². The number of rotatable bonds is 7. The van der Waals surface area contributed by atoms with Crippen LogP contribution in [0.5, 0.6) is 11.5 Å². The number of carbonyl (C=O) groups is 3. The van der Waals surface area contributed by atoms with E-state index in [0.29, 0.717) is 4.90 Å². The fraction of sp³-hybridized carbons (Fsp3) is 0.0800. The molecule has 12 nitrogen and oxygen atoms in total. The van der Waals surface area contributed by atoms with Gasteiger partial charge in [-0.3, -0.25) is 25.0 Å². The van der Waals surface area contributed by atoms with Gasteiger partial charge < -0.3 is 8.92 Å². The van der Waals surface area contributed by atoms with Crippen LogP contribution >= 0.6 is 15.9 Å². The monoisotopic (exact) mass is 615 g/mol. The largest absolute Gasteiger partial charge is 0.493 e. The number of nitro benzene ring substituents is 1. The molecule has 4 amide bonds. The number of nitrogens with zero attached hydrogens (tertiary/aromatic N) is 2. The van der Waals surface area contributed by atoms with Gasteiger partial charge in [0.15, 0.2) is 11.5 Å². The Morgan fingerprint density at radius 3 is 2.38 bits per heavy atom. The molecule has 1 aliphatic heterocycles. The van der Waals surface area contributed by atoms with E-state index in [1.54, 1.807) is 19.1 Å². The Balaban J connectivity index is 1.70. The summed E-state index contributed by atoms with van der Waals surface area (Å²) >= 11 is 3.24. The highest BCUT2D eigenvalue weighted by atomic mass is 79.9. The summed E-state index contributed by atoms with van der Waals surface area (Å²) in [5.41, 5.74) is 0.133. The number of hydrogen-bond acceptors (Lipinski definition) is 9. The Labute approximate surface area is 230 Å². The van der Waals surface area contributed by atoms with E-state index in [2.05, 4.69) is 15.9 Å². The fourth-order valence-corrected chi connectivity index (χ4v) is 5.18. The lowest BCUT2D eigenvalue weighted by Gasteiger charge is -2.26. The van der Waals surface area contributed by atoms with Crippen LogP contribution in [-0.2, 0) is 19.7 Å². The minimum atomic E-state index is -4.23. The number of nitro groups is 1. The molecule has 4 rings (SSSR count). The summed E-state index contributed by atoms with van der Waals surface area (Å²) < 4.78 is 36.3. The van der Waals surface area contributed by atoms with Crippen molar-refractivity contribution in [3.05, 3.63) is 92.0 Å².